The summed E-state index contributed by atoms with van der Waals surface area (Å²) in [5.74, 6) is -1.67. The number of hydrogen-bond acceptors (Lipinski definition) is 11. The lowest BCUT2D eigenvalue weighted by atomic mass is 9.78. The van der Waals surface area contributed by atoms with E-state index in [0.29, 0.717) is 40.7 Å². The number of hydrogen-bond donors (Lipinski definition) is 2. The molecule has 2 N–H and O–H groups in total. The molecule has 300 valence electrons. The molecule has 9 rings (SSSR count). The number of fused-ring (bicyclic) bond motifs is 3. The normalized spacial score (nSPS) is 20.5. The Morgan fingerprint density at radius 3 is 2.45 bits per heavy atom. The second-order valence-corrected chi connectivity index (χ2v) is 16.7. The van der Waals surface area contributed by atoms with Crippen LogP contribution in [-0.2, 0) is 16.1 Å². The Bertz CT molecular complexity index is 2410. The van der Waals surface area contributed by atoms with Crippen molar-refractivity contribution in [1.29, 1.82) is 0 Å². The van der Waals surface area contributed by atoms with Crippen LogP contribution in [0.5, 0.6) is 5.75 Å². The molecule has 0 radical (unpaired) electrons. The van der Waals surface area contributed by atoms with Gasteiger partial charge in [-0.3, -0.25) is 43.9 Å². The molecule has 16 heteroatoms. The first-order valence-electron chi connectivity index (χ1n) is 19.9. The molecule has 0 aliphatic carbocycles. The molecule has 6 amide bonds. The second-order valence-electron chi connectivity index (χ2n) is 16.7. The van der Waals surface area contributed by atoms with Crippen LogP contribution in [0, 0.1) is 5.92 Å². The van der Waals surface area contributed by atoms with Crippen LogP contribution in [0.4, 0.5) is 11.4 Å². The maximum atomic E-state index is 13.9. The van der Waals surface area contributed by atoms with Crippen LogP contribution in [0.2, 0.25) is 0 Å². The van der Waals surface area contributed by atoms with Gasteiger partial charge in [-0.1, -0.05) is 0 Å². The van der Waals surface area contributed by atoms with Gasteiger partial charge in [0, 0.05) is 80.3 Å². The average molecular weight is 788 g/mol. The third-order valence-electron chi connectivity index (χ3n) is 12.6. The Balaban J connectivity index is 0.825. The molecule has 0 saturated carbocycles. The number of piperidine rings is 2. The number of aromatic nitrogens is 3. The Labute approximate surface area is 334 Å². The number of carbonyl (C=O) groups excluding carboxylic acids is 6. The third-order valence-corrected chi connectivity index (χ3v) is 12.6. The van der Waals surface area contributed by atoms with E-state index in [0.717, 1.165) is 55.2 Å². The fourth-order valence-electron chi connectivity index (χ4n) is 9.09. The minimum atomic E-state index is -0.997. The maximum absolute atomic E-state index is 13.9. The predicted octanol–water partition coefficient (Wildman–Crippen LogP) is 3.51. The Hall–Kier alpha value is -6.16. The maximum Gasteiger partial charge on any atom is 0.262 e. The monoisotopic (exact) mass is 787 g/mol. The summed E-state index contributed by atoms with van der Waals surface area (Å²) in [6, 6.07) is 9.67. The second kappa shape index (κ2) is 14.0. The Morgan fingerprint density at radius 2 is 1.71 bits per heavy atom. The van der Waals surface area contributed by atoms with E-state index in [1.54, 1.807) is 41.2 Å². The van der Waals surface area contributed by atoms with E-state index in [2.05, 4.69) is 44.4 Å². The van der Waals surface area contributed by atoms with Gasteiger partial charge >= 0.3 is 0 Å². The third kappa shape index (κ3) is 6.26. The van der Waals surface area contributed by atoms with E-state index in [4.69, 9.17) is 4.74 Å². The molecular weight excluding hydrogens is 743 g/mol. The predicted molar refractivity (Wildman–Crippen MR) is 211 cm³/mol. The van der Waals surface area contributed by atoms with Crippen LogP contribution in [0.15, 0.2) is 55.0 Å². The number of ether oxygens (including phenoxy) is 1. The van der Waals surface area contributed by atoms with Crippen molar-refractivity contribution < 1.29 is 33.5 Å². The number of nitrogens with one attached hydrogen (secondary N) is 2. The summed E-state index contributed by atoms with van der Waals surface area (Å²) < 4.78 is 7.65. The number of likely N-dealkylation sites (tertiary alicyclic amines) is 1. The molecule has 5 aliphatic rings. The highest BCUT2D eigenvalue weighted by Crippen LogP contribution is 2.41. The molecule has 2 aromatic carbocycles. The van der Waals surface area contributed by atoms with Crippen molar-refractivity contribution >= 4 is 52.5 Å². The number of imide groups is 2. The summed E-state index contributed by atoms with van der Waals surface area (Å²) in [6.07, 6.45) is 6.48. The summed E-state index contributed by atoms with van der Waals surface area (Å²) in [4.78, 5) is 90.0. The van der Waals surface area contributed by atoms with Gasteiger partial charge in [-0.25, -0.2) is 9.50 Å². The highest BCUT2D eigenvalue weighted by molar-refractivity contribution is 6.23. The summed E-state index contributed by atoms with van der Waals surface area (Å²) in [6.45, 7) is 12.0. The smallest absolute Gasteiger partial charge is 0.262 e. The summed E-state index contributed by atoms with van der Waals surface area (Å²) in [5.41, 5.74) is 3.96. The molecule has 3 fully saturated rings. The van der Waals surface area contributed by atoms with Crippen LogP contribution in [-0.4, -0.2) is 115 Å². The molecule has 2 aromatic heterocycles. The van der Waals surface area contributed by atoms with Crippen molar-refractivity contribution in [2.24, 2.45) is 5.92 Å². The van der Waals surface area contributed by atoms with E-state index in [1.807, 2.05) is 30.9 Å². The van der Waals surface area contributed by atoms with Crippen LogP contribution in [0.25, 0.3) is 5.65 Å². The van der Waals surface area contributed by atoms with E-state index in [1.165, 1.54) is 6.20 Å². The SMILES string of the molecule is CC(C)Oc1cc2c(cc1NC(=O)c1cnn3cccnc13)CN(C1CCN(C(C)(C)C3CN(c4ccc5c(c4)C(=O)N(C4CCC(=O)NC4=O)C5=O)C3)CC1)C2=O. The van der Waals surface area contributed by atoms with E-state index < -0.39 is 29.7 Å². The zero-order valence-corrected chi connectivity index (χ0v) is 32.9. The minimum Gasteiger partial charge on any atom is -0.489 e. The fraction of sp³-hybridized carbons (Fsp3) is 0.429. The Kier molecular flexibility index (Phi) is 9.06. The lowest BCUT2D eigenvalue weighted by molar-refractivity contribution is -0.136. The van der Waals surface area contributed by atoms with Crippen molar-refractivity contribution in [2.45, 2.75) is 83.6 Å². The first kappa shape index (κ1) is 37.4. The summed E-state index contributed by atoms with van der Waals surface area (Å²) >= 11 is 0. The number of benzene rings is 2. The van der Waals surface area contributed by atoms with Gasteiger partial charge in [0.1, 0.15) is 17.4 Å². The average Bonchev–Trinajstić information content (AvgIpc) is 3.82. The van der Waals surface area contributed by atoms with Gasteiger partial charge in [0.15, 0.2) is 5.65 Å². The minimum absolute atomic E-state index is 0.0320. The number of rotatable bonds is 9. The molecule has 1 atom stereocenters. The summed E-state index contributed by atoms with van der Waals surface area (Å²) in [5, 5.41) is 9.46. The molecule has 1 unspecified atom stereocenters. The van der Waals surface area contributed by atoms with Gasteiger partial charge in [0.25, 0.3) is 23.6 Å². The topological polar surface area (TPSA) is 179 Å². The zero-order chi connectivity index (χ0) is 40.6. The molecule has 7 heterocycles. The Morgan fingerprint density at radius 1 is 0.948 bits per heavy atom. The molecule has 0 bridgehead atoms. The van der Waals surface area contributed by atoms with Gasteiger partial charge in [-0.2, -0.15) is 5.10 Å². The van der Waals surface area contributed by atoms with Crippen LogP contribution in [0.3, 0.4) is 0 Å². The van der Waals surface area contributed by atoms with Crippen LogP contribution in [0.1, 0.15) is 100 Å². The first-order chi connectivity index (χ1) is 27.8. The molecule has 5 aliphatic heterocycles. The highest BCUT2D eigenvalue weighted by Gasteiger charge is 2.47. The number of anilines is 2. The van der Waals surface area contributed by atoms with E-state index in [-0.39, 0.29) is 53.5 Å². The highest BCUT2D eigenvalue weighted by atomic mass is 16.5. The fourth-order valence-corrected chi connectivity index (χ4v) is 9.09. The number of carbonyl (C=O) groups is 6. The van der Waals surface area contributed by atoms with Gasteiger partial charge in [-0.15, -0.1) is 0 Å². The standard InChI is InChI=1S/C42H45N9O7/c1-23(2)58-34-18-29-24(16-32(34)45-37(53)31-19-44-50-13-5-12-43-36(31)50)20-49(39(29)55)26-10-14-48(15-11-26)42(3,4)25-21-47(22-25)27-6-7-28-30(17-27)41(57)51(40(28)56)33-8-9-35(52)46-38(33)54/h5-7,12-13,16-19,23,25-26,33H,8-11,14-15,20-22H2,1-4H3,(H,45,53)(H,46,52,54). The van der Waals surface area contributed by atoms with Gasteiger partial charge in [0.05, 0.1) is 29.1 Å². The van der Waals surface area contributed by atoms with Crippen molar-refractivity contribution in [1.82, 2.24) is 34.6 Å². The largest absolute Gasteiger partial charge is 0.489 e. The van der Waals surface area contributed by atoms with E-state index >= 15 is 0 Å². The van der Waals surface area contributed by atoms with Gasteiger partial charge < -0.3 is 19.9 Å². The van der Waals surface area contributed by atoms with Crippen LogP contribution >= 0.6 is 0 Å². The number of nitrogens with zero attached hydrogens (tertiary/aromatic N) is 7. The first-order valence-corrected chi connectivity index (χ1v) is 19.9. The van der Waals surface area contributed by atoms with Gasteiger partial charge in [-0.05, 0) is 88.9 Å². The number of amides is 6. The zero-order valence-electron chi connectivity index (χ0n) is 32.9. The summed E-state index contributed by atoms with van der Waals surface area (Å²) in [7, 11) is 0. The van der Waals surface area contributed by atoms with Crippen molar-refractivity contribution in [3.05, 3.63) is 82.8 Å². The lowest BCUT2D eigenvalue weighted by Crippen LogP contribution is -2.64. The molecule has 3 saturated heterocycles. The molecule has 0 spiro atoms. The lowest BCUT2D eigenvalue weighted by Gasteiger charge is -2.54. The van der Waals surface area contributed by atoms with Crippen LogP contribution < -0.4 is 20.3 Å². The van der Waals surface area contributed by atoms with E-state index in [9.17, 15) is 28.8 Å². The van der Waals surface area contributed by atoms with Crippen molar-refractivity contribution in [3.63, 3.8) is 0 Å². The van der Waals surface area contributed by atoms with Crippen molar-refractivity contribution in [2.75, 3.05) is 36.4 Å². The van der Waals surface area contributed by atoms with Crippen molar-refractivity contribution in [3.8, 4) is 5.75 Å². The molecular formula is C42H45N9O7. The molecule has 58 heavy (non-hydrogen) atoms. The quantitative estimate of drug-likeness (QED) is 0.237. The molecule has 4 aromatic rings. The van der Waals surface area contributed by atoms with Gasteiger partial charge in [0.2, 0.25) is 11.8 Å². The molecule has 16 nitrogen and oxygen atoms in total.